The van der Waals surface area contributed by atoms with Crippen LogP contribution in [0.15, 0.2) is 18.2 Å². The van der Waals surface area contributed by atoms with Gasteiger partial charge in [0.15, 0.2) is 0 Å². The topological polar surface area (TPSA) is 78.7 Å². The number of nitrogens with zero attached hydrogens (tertiary/aromatic N) is 1. The summed E-state index contributed by atoms with van der Waals surface area (Å²) < 4.78 is 9.19. The number of carbonyl (C=O) groups excluding carboxylic acids is 1. The number of rotatable bonds is 3. The van der Waals surface area contributed by atoms with Gasteiger partial charge in [-0.05, 0) is 19.1 Å². The molecular weight excluding hydrogens is 238 g/mol. The van der Waals surface area contributed by atoms with Crippen molar-refractivity contribution in [1.29, 1.82) is 0 Å². The standard InChI is InChI=1S/C9H8ClNO5/c1-2-15-9(12)16-6-3-4-7(10)8(5-6)11(13)14/h3-5H,2H2,1H3. The van der Waals surface area contributed by atoms with Crippen molar-refractivity contribution in [3.05, 3.63) is 33.3 Å². The van der Waals surface area contributed by atoms with E-state index in [1.165, 1.54) is 12.1 Å². The van der Waals surface area contributed by atoms with E-state index in [-0.39, 0.29) is 23.1 Å². The largest absolute Gasteiger partial charge is 0.513 e. The third kappa shape index (κ3) is 3.09. The molecule has 0 unspecified atom stereocenters. The second-order valence-electron chi connectivity index (χ2n) is 2.66. The Labute approximate surface area is 95.9 Å². The highest BCUT2D eigenvalue weighted by Crippen LogP contribution is 2.28. The van der Waals surface area contributed by atoms with Gasteiger partial charge < -0.3 is 9.47 Å². The van der Waals surface area contributed by atoms with Crippen molar-refractivity contribution in [1.82, 2.24) is 0 Å². The van der Waals surface area contributed by atoms with Crippen LogP contribution in [0.1, 0.15) is 6.92 Å². The molecule has 0 atom stereocenters. The molecule has 0 aromatic heterocycles. The van der Waals surface area contributed by atoms with Crippen molar-refractivity contribution in [2.45, 2.75) is 6.92 Å². The van der Waals surface area contributed by atoms with E-state index in [0.717, 1.165) is 6.07 Å². The van der Waals surface area contributed by atoms with E-state index in [4.69, 9.17) is 11.6 Å². The first kappa shape index (κ1) is 12.3. The smallest absolute Gasteiger partial charge is 0.434 e. The molecule has 0 aliphatic rings. The molecule has 1 aromatic rings. The highest BCUT2D eigenvalue weighted by Gasteiger charge is 2.15. The molecule has 0 aliphatic carbocycles. The van der Waals surface area contributed by atoms with Gasteiger partial charge in [0.2, 0.25) is 0 Å². The number of hydrogen-bond acceptors (Lipinski definition) is 5. The lowest BCUT2D eigenvalue weighted by Crippen LogP contribution is -2.10. The van der Waals surface area contributed by atoms with Crippen molar-refractivity contribution in [2.24, 2.45) is 0 Å². The molecule has 0 fully saturated rings. The summed E-state index contributed by atoms with van der Waals surface area (Å²) in [6, 6.07) is 3.67. The molecule has 86 valence electrons. The molecule has 6 nitrogen and oxygen atoms in total. The van der Waals surface area contributed by atoms with Crippen molar-refractivity contribution in [3.8, 4) is 5.75 Å². The number of hydrogen-bond donors (Lipinski definition) is 0. The average Bonchev–Trinajstić information content (AvgIpc) is 2.21. The number of ether oxygens (including phenoxy) is 2. The minimum absolute atomic E-state index is 0.00884. The van der Waals surface area contributed by atoms with E-state index in [1.54, 1.807) is 6.92 Å². The summed E-state index contributed by atoms with van der Waals surface area (Å²) in [7, 11) is 0. The van der Waals surface area contributed by atoms with Crippen molar-refractivity contribution < 1.29 is 19.2 Å². The van der Waals surface area contributed by atoms with Crippen molar-refractivity contribution in [3.63, 3.8) is 0 Å². The second-order valence-corrected chi connectivity index (χ2v) is 3.06. The Morgan fingerprint density at radius 3 is 2.81 bits per heavy atom. The lowest BCUT2D eigenvalue weighted by atomic mass is 10.3. The summed E-state index contributed by atoms with van der Waals surface area (Å²) in [6.07, 6.45) is -0.917. The van der Waals surface area contributed by atoms with Gasteiger partial charge in [0.25, 0.3) is 5.69 Å². The van der Waals surface area contributed by atoms with Crippen molar-refractivity contribution in [2.75, 3.05) is 6.61 Å². The zero-order valence-corrected chi connectivity index (χ0v) is 9.06. The highest BCUT2D eigenvalue weighted by atomic mass is 35.5. The summed E-state index contributed by atoms with van der Waals surface area (Å²) in [5.41, 5.74) is -0.330. The molecular formula is C9H8ClNO5. The average molecular weight is 246 g/mol. The molecule has 0 aliphatic heterocycles. The first-order chi connectivity index (χ1) is 7.54. The Kier molecular flexibility index (Phi) is 4.07. The summed E-state index contributed by atoms with van der Waals surface area (Å²) in [6.45, 7) is 1.78. The van der Waals surface area contributed by atoms with Gasteiger partial charge in [-0.25, -0.2) is 4.79 Å². The molecule has 0 bridgehead atoms. The molecule has 0 radical (unpaired) electrons. The maximum absolute atomic E-state index is 10.9. The SMILES string of the molecule is CCOC(=O)Oc1ccc(Cl)c([N+](=O)[O-])c1. The third-order valence-electron chi connectivity index (χ3n) is 1.58. The molecule has 0 saturated heterocycles. The van der Waals surface area contributed by atoms with Crippen LogP contribution in [0.25, 0.3) is 0 Å². The van der Waals surface area contributed by atoms with Crippen LogP contribution in [0, 0.1) is 10.1 Å². The molecule has 0 saturated carbocycles. The number of benzene rings is 1. The fourth-order valence-electron chi connectivity index (χ4n) is 0.939. The zero-order valence-electron chi connectivity index (χ0n) is 8.31. The van der Waals surface area contributed by atoms with Crippen LogP contribution in [0.3, 0.4) is 0 Å². The van der Waals surface area contributed by atoms with Crippen LogP contribution >= 0.6 is 11.6 Å². The van der Waals surface area contributed by atoms with E-state index in [1.807, 2.05) is 0 Å². The first-order valence-corrected chi connectivity index (χ1v) is 4.71. The molecule has 0 N–H and O–H groups in total. The van der Waals surface area contributed by atoms with E-state index in [0.29, 0.717) is 0 Å². The van der Waals surface area contributed by atoms with Gasteiger partial charge in [-0.3, -0.25) is 10.1 Å². The lowest BCUT2D eigenvalue weighted by molar-refractivity contribution is -0.384. The lowest BCUT2D eigenvalue weighted by Gasteiger charge is -2.03. The van der Waals surface area contributed by atoms with E-state index in [2.05, 4.69) is 9.47 Å². The molecule has 7 heteroatoms. The number of nitro benzene ring substituents is 1. The molecule has 1 rings (SSSR count). The van der Waals surface area contributed by atoms with Gasteiger partial charge in [-0.2, -0.15) is 0 Å². The van der Waals surface area contributed by atoms with Crippen LogP contribution in [-0.2, 0) is 4.74 Å². The summed E-state index contributed by atoms with van der Waals surface area (Å²) in [5.74, 6) is 0.00884. The quantitative estimate of drug-likeness (QED) is 0.354. The molecule has 1 aromatic carbocycles. The number of nitro groups is 1. The monoisotopic (exact) mass is 245 g/mol. The van der Waals surface area contributed by atoms with Crippen molar-refractivity contribution >= 4 is 23.4 Å². The maximum atomic E-state index is 10.9. The third-order valence-corrected chi connectivity index (χ3v) is 1.90. The zero-order chi connectivity index (χ0) is 12.1. The predicted octanol–water partition coefficient (Wildman–Crippen LogP) is 2.78. The van der Waals surface area contributed by atoms with Gasteiger partial charge in [-0.15, -0.1) is 0 Å². The van der Waals surface area contributed by atoms with Gasteiger partial charge >= 0.3 is 6.16 Å². The van der Waals surface area contributed by atoms with Gasteiger partial charge in [0.05, 0.1) is 17.6 Å². The fraction of sp³-hybridized carbons (Fsp3) is 0.222. The minimum Gasteiger partial charge on any atom is -0.434 e. The Balaban J connectivity index is 2.87. The Morgan fingerprint density at radius 1 is 1.56 bits per heavy atom. The summed E-state index contributed by atoms with van der Waals surface area (Å²) in [4.78, 5) is 20.8. The molecule has 16 heavy (non-hydrogen) atoms. The summed E-state index contributed by atoms with van der Waals surface area (Å²) >= 11 is 5.58. The number of carbonyl (C=O) groups is 1. The molecule has 0 spiro atoms. The van der Waals surface area contributed by atoms with Gasteiger partial charge in [0, 0.05) is 0 Å². The fourth-order valence-corrected chi connectivity index (χ4v) is 1.13. The molecule has 0 heterocycles. The maximum Gasteiger partial charge on any atom is 0.513 e. The predicted molar refractivity (Wildman–Crippen MR) is 55.8 cm³/mol. The van der Waals surface area contributed by atoms with E-state index >= 15 is 0 Å². The second kappa shape index (κ2) is 5.32. The van der Waals surface area contributed by atoms with Gasteiger partial charge in [-0.1, -0.05) is 11.6 Å². The molecule has 0 amide bonds. The summed E-state index contributed by atoms with van der Waals surface area (Å²) in [5, 5.41) is 10.5. The van der Waals surface area contributed by atoms with Crippen LogP contribution in [0.2, 0.25) is 5.02 Å². The first-order valence-electron chi connectivity index (χ1n) is 4.33. The Hall–Kier alpha value is -1.82. The Bertz CT molecular complexity index is 420. The van der Waals surface area contributed by atoms with Crippen LogP contribution in [0.4, 0.5) is 10.5 Å². The minimum atomic E-state index is -0.917. The van der Waals surface area contributed by atoms with Crippen LogP contribution in [-0.4, -0.2) is 17.7 Å². The van der Waals surface area contributed by atoms with Crippen LogP contribution < -0.4 is 4.74 Å². The highest BCUT2D eigenvalue weighted by molar-refractivity contribution is 6.32. The Morgan fingerprint density at radius 2 is 2.25 bits per heavy atom. The van der Waals surface area contributed by atoms with Gasteiger partial charge in [0.1, 0.15) is 10.8 Å². The number of halogens is 1. The van der Waals surface area contributed by atoms with E-state index in [9.17, 15) is 14.9 Å². The van der Waals surface area contributed by atoms with Crippen LogP contribution in [0.5, 0.6) is 5.75 Å². The van der Waals surface area contributed by atoms with E-state index < -0.39 is 11.1 Å². The normalized spacial score (nSPS) is 9.62.